The highest BCUT2D eigenvalue weighted by Crippen LogP contribution is 2.26. The second-order valence-electron chi connectivity index (χ2n) is 5.31. The molecule has 0 radical (unpaired) electrons. The van der Waals surface area contributed by atoms with Gasteiger partial charge >= 0.3 is 5.97 Å². The molecule has 1 aromatic heterocycles. The van der Waals surface area contributed by atoms with Crippen molar-refractivity contribution in [2.45, 2.75) is 13.3 Å². The monoisotopic (exact) mass is 411 g/mol. The van der Waals surface area contributed by atoms with Gasteiger partial charge in [-0.15, -0.1) is 12.4 Å². The highest BCUT2D eigenvalue weighted by Gasteiger charge is 2.23. The Labute approximate surface area is 172 Å². The largest absolute Gasteiger partial charge is 0.466 e. The van der Waals surface area contributed by atoms with Gasteiger partial charge in [0.05, 0.1) is 18.0 Å². The van der Waals surface area contributed by atoms with Gasteiger partial charge in [0.2, 0.25) is 0 Å². The molecule has 0 saturated heterocycles. The SMILES string of the molecule is Cl.[2H]C([2H])([2H])Nc1ccc(C(=O)N(CCC(=O)OCC)c2ccccn2)cc1[N+](=O)[O-]. The lowest BCUT2D eigenvalue weighted by Crippen LogP contribution is -2.34. The molecule has 0 spiro atoms. The standard InChI is InChI=1S/C18H20N4O5.ClH/c1-3-27-17(23)9-11-21(16-6-4-5-10-20-16)18(24)13-7-8-14(19-2)15(12-13)22(25)26;/h4-8,10,12,19H,3,9,11H2,1-2H3;1H/i2D3;. The number of hydrogen-bond acceptors (Lipinski definition) is 7. The number of halogens is 1. The van der Waals surface area contributed by atoms with Gasteiger partial charge in [-0.05, 0) is 31.2 Å². The van der Waals surface area contributed by atoms with E-state index in [4.69, 9.17) is 8.85 Å². The van der Waals surface area contributed by atoms with Crippen LogP contribution in [0.2, 0.25) is 0 Å². The Bertz CT molecular complexity index is 928. The van der Waals surface area contributed by atoms with Crippen molar-refractivity contribution in [3.05, 3.63) is 58.3 Å². The van der Waals surface area contributed by atoms with Crippen molar-refractivity contribution in [3.8, 4) is 0 Å². The number of hydrogen-bond donors (Lipinski definition) is 1. The van der Waals surface area contributed by atoms with Crippen molar-refractivity contribution in [1.82, 2.24) is 4.98 Å². The quantitative estimate of drug-likeness (QED) is 0.403. The molecule has 0 aliphatic heterocycles. The highest BCUT2D eigenvalue weighted by atomic mass is 35.5. The number of carbonyl (C=O) groups excluding carboxylic acids is 2. The maximum Gasteiger partial charge on any atom is 0.307 e. The summed E-state index contributed by atoms with van der Waals surface area (Å²) in [4.78, 5) is 40.7. The summed E-state index contributed by atoms with van der Waals surface area (Å²) in [6.45, 7) is -0.845. The minimum absolute atomic E-state index is 0. The van der Waals surface area contributed by atoms with E-state index >= 15 is 0 Å². The van der Waals surface area contributed by atoms with E-state index in [2.05, 4.69) is 10.3 Å². The number of amides is 1. The van der Waals surface area contributed by atoms with Crippen LogP contribution in [0, 0.1) is 10.1 Å². The smallest absolute Gasteiger partial charge is 0.307 e. The summed E-state index contributed by atoms with van der Waals surface area (Å²) in [5, 5.41) is 13.5. The van der Waals surface area contributed by atoms with E-state index in [0.29, 0.717) is 0 Å². The molecule has 1 N–H and O–H groups in total. The average Bonchev–Trinajstić information content (AvgIpc) is 2.68. The fraction of sp³-hybridized carbons (Fsp3) is 0.278. The summed E-state index contributed by atoms with van der Waals surface area (Å²) in [5.41, 5.74) is -0.872. The molecule has 0 aliphatic carbocycles. The summed E-state index contributed by atoms with van der Waals surface area (Å²) in [6.07, 6.45) is 1.36. The van der Waals surface area contributed by atoms with E-state index in [-0.39, 0.29) is 49.0 Å². The number of benzene rings is 1. The number of nitro groups is 1. The Hall–Kier alpha value is -3.20. The van der Waals surface area contributed by atoms with Crippen LogP contribution in [0.1, 0.15) is 27.8 Å². The van der Waals surface area contributed by atoms with E-state index in [0.717, 1.165) is 12.1 Å². The number of ether oxygens (including phenoxy) is 1. The van der Waals surface area contributed by atoms with Crippen LogP contribution in [0.3, 0.4) is 0 Å². The Balaban J connectivity index is 0.00000480. The molecule has 0 aliphatic rings. The van der Waals surface area contributed by atoms with Crippen LogP contribution in [0.4, 0.5) is 17.2 Å². The summed E-state index contributed by atoms with van der Waals surface area (Å²) in [5.74, 6) is -0.893. The fourth-order valence-corrected chi connectivity index (χ4v) is 2.35. The minimum Gasteiger partial charge on any atom is -0.466 e. The van der Waals surface area contributed by atoms with Crippen molar-refractivity contribution in [1.29, 1.82) is 0 Å². The molecule has 0 unspecified atom stereocenters. The van der Waals surface area contributed by atoms with Crippen molar-refractivity contribution in [2.24, 2.45) is 0 Å². The molecule has 1 amide bonds. The molecule has 9 nitrogen and oxygen atoms in total. The van der Waals surface area contributed by atoms with Crippen LogP contribution in [0.25, 0.3) is 0 Å². The normalized spacial score (nSPS) is 11.8. The molecular formula is C18H21ClN4O5. The molecule has 1 aromatic carbocycles. The average molecular weight is 412 g/mol. The van der Waals surface area contributed by atoms with Gasteiger partial charge in [0, 0.05) is 35.5 Å². The molecule has 2 aromatic rings. The van der Waals surface area contributed by atoms with E-state index in [1.807, 2.05) is 0 Å². The molecule has 0 fully saturated rings. The zero-order valence-corrected chi connectivity index (χ0v) is 15.8. The van der Waals surface area contributed by atoms with Crippen molar-refractivity contribution in [3.63, 3.8) is 0 Å². The number of esters is 1. The van der Waals surface area contributed by atoms with Crippen LogP contribution >= 0.6 is 12.4 Å². The van der Waals surface area contributed by atoms with E-state index in [1.165, 1.54) is 17.2 Å². The third kappa shape index (κ3) is 5.65. The van der Waals surface area contributed by atoms with Crippen molar-refractivity contribution < 1.29 is 23.4 Å². The lowest BCUT2D eigenvalue weighted by Gasteiger charge is -2.21. The molecule has 150 valence electrons. The Morgan fingerprint density at radius 1 is 1.36 bits per heavy atom. The van der Waals surface area contributed by atoms with Gasteiger partial charge in [-0.1, -0.05) is 6.07 Å². The highest BCUT2D eigenvalue weighted by molar-refractivity contribution is 6.06. The second kappa shape index (κ2) is 10.8. The number of nitrogens with one attached hydrogen (secondary N) is 1. The van der Waals surface area contributed by atoms with Gasteiger partial charge in [-0.25, -0.2) is 4.98 Å². The van der Waals surface area contributed by atoms with E-state index < -0.39 is 29.5 Å². The number of anilines is 2. The van der Waals surface area contributed by atoms with Crippen LogP contribution in [-0.4, -0.2) is 41.9 Å². The topological polar surface area (TPSA) is 115 Å². The first-order chi connectivity index (χ1) is 14.1. The molecule has 1 heterocycles. The molecule has 0 saturated carbocycles. The molecule has 10 heteroatoms. The maximum atomic E-state index is 13.1. The van der Waals surface area contributed by atoms with Crippen LogP contribution in [0.15, 0.2) is 42.6 Å². The molecular weight excluding hydrogens is 388 g/mol. The van der Waals surface area contributed by atoms with Crippen LogP contribution in [-0.2, 0) is 9.53 Å². The van der Waals surface area contributed by atoms with E-state index in [1.54, 1.807) is 25.1 Å². The fourth-order valence-electron chi connectivity index (χ4n) is 2.35. The summed E-state index contributed by atoms with van der Waals surface area (Å²) in [6, 6.07) is 8.26. The second-order valence-corrected chi connectivity index (χ2v) is 5.31. The molecule has 28 heavy (non-hydrogen) atoms. The number of carbonyl (C=O) groups is 2. The van der Waals surface area contributed by atoms with Crippen molar-refractivity contribution >= 4 is 41.5 Å². The third-order valence-corrected chi connectivity index (χ3v) is 3.59. The first-order valence-electron chi connectivity index (χ1n) is 9.57. The Morgan fingerprint density at radius 2 is 2.14 bits per heavy atom. The number of aromatic nitrogens is 1. The first-order valence-corrected chi connectivity index (χ1v) is 8.07. The van der Waals surface area contributed by atoms with Gasteiger partial charge in [-0.3, -0.25) is 24.6 Å². The molecule has 0 bridgehead atoms. The summed E-state index contributed by atoms with van der Waals surface area (Å²) in [7, 11) is 0. The Kier molecular flexibility index (Phi) is 7.03. The number of rotatable bonds is 8. The molecule has 2 rings (SSSR count). The van der Waals surface area contributed by atoms with Crippen LogP contribution in [0.5, 0.6) is 0 Å². The van der Waals surface area contributed by atoms with Gasteiger partial charge < -0.3 is 10.1 Å². The summed E-state index contributed by atoms with van der Waals surface area (Å²) < 4.78 is 26.6. The lowest BCUT2D eigenvalue weighted by molar-refractivity contribution is -0.384. The maximum absolute atomic E-state index is 13.1. The predicted octanol–water partition coefficient (Wildman–Crippen LogP) is 3.05. The van der Waals surface area contributed by atoms with Crippen LogP contribution < -0.4 is 10.2 Å². The number of nitrogens with zero attached hydrogens (tertiary/aromatic N) is 3. The third-order valence-electron chi connectivity index (χ3n) is 3.59. The van der Waals surface area contributed by atoms with Gasteiger partial charge in [0.1, 0.15) is 11.5 Å². The minimum atomic E-state index is -2.64. The number of pyridine rings is 1. The first kappa shape index (κ1) is 18.2. The summed E-state index contributed by atoms with van der Waals surface area (Å²) >= 11 is 0. The molecule has 0 atom stereocenters. The van der Waals surface area contributed by atoms with Gasteiger partial charge in [-0.2, -0.15) is 0 Å². The van der Waals surface area contributed by atoms with Crippen molar-refractivity contribution in [2.75, 3.05) is 30.3 Å². The zero-order chi connectivity index (χ0) is 22.3. The Morgan fingerprint density at radius 3 is 2.75 bits per heavy atom. The lowest BCUT2D eigenvalue weighted by atomic mass is 10.1. The number of nitro benzene ring substituents is 1. The van der Waals surface area contributed by atoms with E-state index in [9.17, 15) is 19.7 Å². The van der Waals surface area contributed by atoms with Gasteiger partial charge in [0.15, 0.2) is 0 Å². The van der Waals surface area contributed by atoms with Gasteiger partial charge in [0.25, 0.3) is 11.6 Å². The predicted molar refractivity (Wildman–Crippen MR) is 107 cm³/mol. The zero-order valence-electron chi connectivity index (χ0n) is 18.0.